The molecule has 2 fully saturated rings. The van der Waals surface area contributed by atoms with Gasteiger partial charge >= 0.3 is 11.5 Å². The number of aliphatic hydroxyl groups excluding tert-OH is 1. The number of hydrogen-bond donors (Lipinski definition) is 4. The molecule has 11 nitrogen and oxygen atoms in total. The highest BCUT2D eigenvalue weighted by molar-refractivity contribution is 7.92. The van der Waals surface area contributed by atoms with Crippen molar-refractivity contribution in [2.24, 2.45) is 11.8 Å². The normalized spacial score (nSPS) is 23.9. The van der Waals surface area contributed by atoms with Crippen LogP contribution in [0.1, 0.15) is 48.9 Å². The van der Waals surface area contributed by atoms with Crippen LogP contribution < -0.4 is 20.1 Å². The Bertz CT molecular complexity index is 1530. The van der Waals surface area contributed by atoms with E-state index in [1.165, 1.54) is 13.2 Å². The van der Waals surface area contributed by atoms with Crippen LogP contribution in [0.3, 0.4) is 0 Å². The summed E-state index contributed by atoms with van der Waals surface area (Å²) in [6.07, 6.45) is -0.258. The van der Waals surface area contributed by atoms with Gasteiger partial charge in [0.25, 0.3) is 15.7 Å². The molecule has 0 bridgehead atoms. The van der Waals surface area contributed by atoms with E-state index in [1.807, 2.05) is 0 Å². The summed E-state index contributed by atoms with van der Waals surface area (Å²) in [4.78, 5) is 36.5. The zero-order valence-corrected chi connectivity index (χ0v) is 24.1. The quantitative estimate of drug-likeness (QED) is 0.297. The van der Waals surface area contributed by atoms with Crippen LogP contribution >= 0.6 is 0 Å². The van der Waals surface area contributed by atoms with Crippen molar-refractivity contribution in [1.82, 2.24) is 5.32 Å². The fourth-order valence-electron chi connectivity index (χ4n) is 5.39. The number of aliphatic hydroxyl groups is 1. The second kappa shape index (κ2) is 13.0. The van der Waals surface area contributed by atoms with Crippen LogP contribution in [-0.2, 0) is 19.4 Å². The van der Waals surface area contributed by atoms with E-state index < -0.39 is 73.9 Å². The van der Waals surface area contributed by atoms with E-state index in [1.54, 1.807) is 0 Å². The topological polar surface area (TPSA) is 168 Å². The minimum absolute atomic E-state index is 0.0635. The largest absolute Gasteiger partial charge is 0.501 e. The fraction of sp³-hybridized carbons (Fsp3) is 0.464. The molecule has 0 aliphatic heterocycles. The zero-order valence-electron chi connectivity index (χ0n) is 23.3. The van der Waals surface area contributed by atoms with Crippen molar-refractivity contribution in [1.29, 1.82) is 0 Å². The van der Waals surface area contributed by atoms with Crippen LogP contribution in [0.25, 0.3) is 0 Å². The third-order valence-corrected chi connectivity index (χ3v) is 9.21. The zero-order chi connectivity index (χ0) is 32.4. The summed E-state index contributed by atoms with van der Waals surface area (Å²) < 4.78 is 88.2. The maximum Gasteiger partial charge on any atom is 0.501 e. The van der Waals surface area contributed by atoms with Crippen molar-refractivity contribution >= 4 is 33.3 Å². The number of amides is 2. The van der Waals surface area contributed by atoms with Gasteiger partial charge in [-0.15, -0.1) is 0 Å². The molecule has 0 radical (unpaired) electrons. The molecule has 2 aliphatic carbocycles. The molecule has 2 aromatic rings. The summed E-state index contributed by atoms with van der Waals surface area (Å²) in [5, 5.41) is 24.4. The molecule has 16 heteroatoms. The van der Waals surface area contributed by atoms with E-state index in [-0.39, 0.29) is 35.6 Å². The Labute approximate surface area is 249 Å². The molecule has 3 atom stereocenters. The number of ether oxygens (including phenoxy) is 2. The van der Waals surface area contributed by atoms with Gasteiger partial charge in [-0.2, -0.15) is 13.2 Å². The predicted octanol–water partition coefficient (Wildman–Crippen LogP) is 3.66. The number of aliphatic carboxylic acids is 1. The number of sulfone groups is 1. The van der Waals surface area contributed by atoms with E-state index in [4.69, 9.17) is 9.47 Å². The molecule has 240 valence electrons. The Hall–Kier alpha value is -3.92. The molecule has 0 saturated heterocycles. The smallest absolute Gasteiger partial charge is 0.496 e. The van der Waals surface area contributed by atoms with Crippen LogP contribution in [-0.4, -0.2) is 67.3 Å². The summed E-state index contributed by atoms with van der Waals surface area (Å²) in [6.45, 7) is 0. The number of methoxy groups -OCH3 is 1. The highest BCUT2D eigenvalue weighted by atomic mass is 32.2. The average molecular weight is 647 g/mol. The molecular weight excluding hydrogens is 616 g/mol. The second-order valence-corrected chi connectivity index (χ2v) is 12.6. The molecule has 4 N–H and O–H groups in total. The lowest BCUT2D eigenvalue weighted by Gasteiger charge is -2.27. The summed E-state index contributed by atoms with van der Waals surface area (Å²) in [5.41, 5.74) is -5.94. The van der Waals surface area contributed by atoms with Crippen molar-refractivity contribution in [2.75, 3.05) is 12.4 Å². The number of anilines is 1. The standard InChI is InChI=1S/C28H30F4N2O9S/c1-42-23-13-21(29)24(43-17-7-5-14(6-8-17)27(38)39)12-20(23)26(37)34-22-11-16(35)10-19(22)25(36)33-15-3-2-4-18(9-15)44(40,41)28(30,31)32/h2-4,9,12-14,16-17,19,22,35H,5-8,10-11H2,1H3,(H,33,36)(H,34,37)(H,38,39)/t14?,16-,17?,19+,22-/m0/s1. The Morgan fingerprint density at radius 1 is 1.00 bits per heavy atom. The maximum atomic E-state index is 14.8. The molecule has 2 aromatic carbocycles. The van der Waals surface area contributed by atoms with Crippen LogP contribution in [0.4, 0.5) is 23.2 Å². The molecule has 0 unspecified atom stereocenters. The summed E-state index contributed by atoms with van der Waals surface area (Å²) in [6, 6.07) is 4.70. The van der Waals surface area contributed by atoms with Gasteiger partial charge in [0.1, 0.15) is 5.75 Å². The minimum Gasteiger partial charge on any atom is -0.496 e. The predicted molar refractivity (Wildman–Crippen MR) is 145 cm³/mol. The van der Waals surface area contributed by atoms with Gasteiger partial charge in [-0.1, -0.05) is 6.07 Å². The summed E-state index contributed by atoms with van der Waals surface area (Å²) in [5.74, 6) is -5.30. The van der Waals surface area contributed by atoms with E-state index in [0.29, 0.717) is 31.7 Å². The van der Waals surface area contributed by atoms with E-state index in [2.05, 4.69) is 10.6 Å². The van der Waals surface area contributed by atoms with Crippen LogP contribution in [0, 0.1) is 17.7 Å². The van der Waals surface area contributed by atoms with E-state index in [9.17, 15) is 50.6 Å². The number of halogens is 4. The highest BCUT2D eigenvalue weighted by Crippen LogP contribution is 2.35. The van der Waals surface area contributed by atoms with Crippen LogP contribution in [0.2, 0.25) is 0 Å². The number of carbonyl (C=O) groups is 3. The van der Waals surface area contributed by atoms with Gasteiger partial charge in [-0.05, 0) is 62.8 Å². The molecule has 2 aliphatic rings. The third kappa shape index (κ3) is 7.23. The average Bonchev–Trinajstić information content (AvgIpc) is 3.33. The van der Waals surface area contributed by atoms with Crippen molar-refractivity contribution in [3.8, 4) is 11.5 Å². The molecule has 0 spiro atoms. The van der Waals surface area contributed by atoms with Gasteiger partial charge in [0.2, 0.25) is 5.91 Å². The second-order valence-electron chi connectivity index (χ2n) is 10.7. The van der Waals surface area contributed by atoms with Gasteiger partial charge in [-0.3, -0.25) is 14.4 Å². The van der Waals surface area contributed by atoms with Crippen LogP contribution in [0.15, 0.2) is 41.3 Å². The van der Waals surface area contributed by atoms with Gasteiger partial charge in [0.15, 0.2) is 11.6 Å². The number of nitrogens with one attached hydrogen (secondary N) is 2. The SMILES string of the molecule is COc1cc(F)c(OC2CCC(C(=O)O)CC2)cc1C(=O)N[C@H]1C[C@@H](O)C[C@H]1C(=O)Nc1cccc(S(=O)(=O)C(F)(F)F)c1. The van der Waals surface area contributed by atoms with Crippen molar-refractivity contribution in [2.45, 2.75) is 67.2 Å². The number of alkyl halides is 3. The monoisotopic (exact) mass is 646 g/mol. The first-order valence-electron chi connectivity index (χ1n) is 13.6. The molecular formula is C28H30F4N2O9S. The van der Waals surface area contributed by atoms with Crippen molar-refractivity contribution in [3.05, 3.63) is 47.8 Å². The Kier molecular flexibility index (Phi) is 9.73. The lowest BCUT2D eigenvalue weighted by atomic mass is 9.87. The summed E-state index contributed by atoms with van der Waals surface area (Å²) in [7, 11) is -4.46. The Balaban J connectivity index is 1.48. The van der Waals surface area contributed by atoms with Crippen molar-refractivity contribution < 1.29 is 60.0 Å². The number of carboxylic acid groups (broad SMARTS) is 1. The summed E-state index contributed by atoms with van der Waals surface area (Å²) >= 11 is 0. The number of carbonyl (C=O) groups excluding carboxylic acids is 2. The van der Waals surface area contributed by atoms with Gasteiger partial charge in [-0.25, -0.2) is 12.8 Å². The number of rotatable bonds is 9. The molecule has 2 amide bonds. The first-order chi connectivity index (χ1) is 20.6. The molecule has 2 saturated carbocycles. The number of carboxylic acids is 1. The van der Waals surface area contributed by atoms with Crippen molar-refractivity contribution in [3.63, 3.8) is 0 Å². The Morgan fingerprint density at radius 3 is 2.30 bits per heavy atom. The first-order valence-corrected chi connectivity index (χ1v) is 15.1. The lowest BCUT2D eigenvalue weighted by molar-refractivity contribution is -0.143. The Morgan fingerprint density at radius 2 is 1.68 bits per heavy atom. The highest BCUT2D eigenvalue weighted by Gasteiger charge is 2.47. The van der Waals surface area contributed by atoms with E-state index in [0.717, 1.165) is 24.3 Å². The van der Waals surface area contributed by atoms with E-state index >= 15 is 0 Å². The molecule has 4 rings (SSSR count). The molecule has 44 heavy (non-hydrogen) atoms. The minimum atomic E-state index is -5.67. The fourth-order valence-corrected chi connectivity index (χ4v) is 6.20. The number of benzene rings is 2. The van der Waals surface area contributed by atoms with Gasteiger partial charge in [0, 0.05) is 17.8 Å². The third-order valence-electron chi connectivity index (χ3n) is 7.72. The lowest BCUT2D eigenvalue weighted by Crippen LogP contribution is -2.42. The van der Waals surface area contributed by atoms with Gasteiger partial charge < -0.3 is 30.3 Å². The molecule has 0 heterocycles. The molecule has 0 aromatic heterocycles. The first kappa shape index (κ1) is 33.0. The number of hydrogen-bond acceptors (Lipinski definition) is 8. The maximum absolute atomic E-state index is 14.8. The van der Waals surface area contributed by atoms with Gasteiger partial charge in [0.05, 0.1) is 41.6 Å². The van der Waals surface area contributed by atoms with Crippen LogP contribution in [0.5, 0.6) is 11.5 Å².